The van der Waals surface area contributed by atoms with Gasteiger partial charge in [-0.25, -0.2) is 9.78 Å². The van der Waals surface area contributed by atoms with Gasteiger partial charge in [-0.1, -0.05) is 30.3 Å². The van der Waals surface area contributed by atoms with Crippen molar-refractivity contribution in [3.05, 3.63) is 59.9 Å². The van der Waals surface area contributed by atoms with Crippen LogP contribution in [0.25, 0.3) is 0 Å². The molecule has 1 aromatic carbocycles. The molecule has 104 valence electrons. The highest BCUT2D eigenvalue weighted by Crippen LogP contribution is 2.28. The molecular weight excluding hydrogens is 266 g/mol. The molecule has 0 amide bonds. The molecule has 2 aromatic rings. The van der Waals surface area contributed by atoms with Gasteiger partial charge in [-0.2, -0.15) is 8.78 Å². The quantitative estimate of drug-likeness (QED) is 0.873. The maximum atomic E-state index is 13.8. The third-order valence-electron chi connectivity index (χ3n) is 2.58. The summed E-state index contributed by atoms with van der Waals surface area (Å²) in [5.41, 5.74) is 5.51. The Morgan fingerprint density at radius 1 is 1.20 bits per heavy atom. The van der Waals surface area contributed by atoms with E-state index in [-0.39, 0.29) is 11.3 Å². The fourth-order valence-corrected chi connectivity index (χ4v) is 1.52. The molecular formula is C14H12F2N2O2. The Morgan fingerprint density at radius 2 is 1.90 bits per heavy atom. The predicted octanol–water partition coefficient (Wildman–Crippen LogP) is 2.61. The molecule has 0 fully saturated rings. The fourth-order valence-electron chi connectivity index (χ4n) is 1.52. The zero-order valence-electron chi connectivity index (χ0n) is 10.4. The first-order valence-electron chi connectivity index (χ1n) is 5.81. The highest BCUT2D eigenvalue weighted by atomic mass is 19.3. The zero-order valence-corrected chi connectivity index (χ0v) is 10.4. The summed E-state index contributed by atoms with van der Waals surface area (Å²) in [5, 5.41) is 0. The van der Waals surface area contributed by atoms with Gasteiger partial charge in [0.25, 0.3) is 0 Å². The Morgan fingerprint density at radius 3 is 2.50 bits per heavy atom. The molecule has 0 aliphatic heterocycles. The number of halogens is 2. The van der Waals surface area contributed by atoms with Gasteiger partial charge < -0.3 is 10.5 Å². The molecule has 2 rings (SSSR count). The van der Waals surface area contributed by atoms with Crippen molar-refractivity contribution < 1.29 is 18.3 Å². The molecule has 0 unspecified atom stereocenters. The number of hydrogen-bond donors (Lipinski definition) is 1. The van der Waals surface area contributed by atoms with Gasteiger partial charge in [0.05, 0.1) is 11.9 Å². The molecule has 0 radical (unpaired) electrons. The number of carbonyl (C=O) groups excluding carboxylic acids is 1. The number of anilines is 1. The summed E-state index contributed by atoms with van der Waals surface area (Å²) in [4.78, 5) is 15.3. The lowest BCUT2D eigenvalue weighted by molar-refractivity contribution is -0.0663. The van der Waals surface area contributed by atoms with Crippen molar-refractivity contribution in [2.45, 2.75) is 5.92 Å². The smallest absolute Gasteiger partial charge is 0.357 e. The summed E-state index contributed by atoms with van der Waals surface area (Å²) in [6.07, 6.45) is 1.26. The molecule has 0 bridgehead atoms. The van der Waals surface area contributed by atoms with Crippen molar-refractivity contribution in [3.8, 4) is 0 Å². The van der Waals surface area contributed by atoms with E-state index in [0.717, 1.165) is 0 Å². The molecule has 0 saturated carbocycles. The number of nitrogen functional groups attached to an aromatic ring is 1. The van der Waals surface area contributed by atoms with Gasteiger partial charge in [-0.3, -0.25) is 0 Å². The Bertz CT molecular complexity index is 586. The minimum absolute atomic E-state index is 0.0666. The van der Waals surface area contributed by atoms with Gasteiger partial charge >= 0.3 is 11.9 Å². The minimum Gasteiger partial charge on any atom is -0.454 e. The lowest BCUT2D eigenvalue weighted by Gasteiger charge is -2.16. The lowest BCUT2D eigenvalue weighted by Crippen LogP contribution is -2.23. The zero-order chi connectivity index (χ0) is 14.6. The van der Waals surface area contributed by atoms with Gasteiger partial charge in [0.15, 0.2) is 6.61 Å². The number of ether oxygens (including phenoxy) is 1. The van der Waals surface area contributed by atoms with Crippen molar-refractivity contribution in [3.63, 3.8) is 0 Å². The monoisotopic (exact) mass is 278 g/mol. The topological polar surface area (TPSA) is 65.2 Å². The first-order chi connectivity index (χ1) is 9.49. The van der Waals surface area contributed by atoms with Gasteiger partial charge in [0.1, 0.15) is 5.69 Å². The molecule has 1 aromatic heterocycles. The number of carbonyl (C=O) groups is 1. The lowest BCUT2D eigenvalue weighted by atomic mass is 10.1. The molecule has 6 heteroatoms. The number of hydrogen-bond acceptors (Lipinski definition) is 4. The van der Waals surface area contributed by atoms with E-state index in [0.29, 0.717) is 5.69 Å². The van der Waals surface area contributed by atoms with Crippen LogP contribution in [0.5, 0.6) is 0 Å². The number of nitrogens with two attached hydrogens (primary N) is 1. The van der Waals surface area contributed by atoms with Crippen molar-refractivity contribution in [2.75, 3.05) is 12.3 Å². The van der Waals surface area contributed by atoms with Gasteiger partial charge in [-0.05, 0) is 12.1 Å². The van der Waals surface area contributed by atoms with Crippen molar-refractivity contribution in [2.24, 2.45) is 0 Å². The van der Waals surface area contributed by atoms with E-state index in [1.165, 1.54) is 42.6 Å². The van der Waals surface area contributed by atoms with Crippen LogP contribution in [0.15, 0.2) is 48.7 Å². The van der Waals surface area contributed by atoms with Gasteiger partial charge in [0, 0.05) is 5.56 Å². The van der Waals surface area contributed by atoms with Crippen LogP contribution in [-0.2, 0) is 10.7 Å². The summed E-state index contributed by atoms with van der Waals surface area (Å²) >= 11 is 0. The number of alkyl halides is 2. The molecule has 4 nitrogen and oxygen atoms in total. The van der Waals surface area contributed by atoms with Crippen LogP contribution < -0.4 is 5.73 Å². The molecule has 0 atom stereocenters. The molecule has 20 heavy (non-hydrogen) atoms. The first kappa shape index (κ1) is 13.9. The summed E-state index contributed by atoms with van der Waals surface area (Å²) in [7, 11) is 0. The largest absolute Gasteiger partial charge is 0.454 e. The van der Waals surface area contributed by atoms with Crippen LogP contribution >= 0.6 is 0 Å². The van der Waals surface area contributed by atoms with Crippen LogP contribution in [0.1, 0.15) is 16.1 Å². The first-order valence-corrected chi connectivity index (χ1v) is 5.81. The molecule has 1 heterocycles. The van der Waals surface area contributed by atoms with Gasteiger partial charge in [-0.15, -0.1) is 0 Å². The third-order valence-corrected chi connectivity index (χ3v) is 2.58. The highest BCUT2D eigenvalue weighted by Gasteiger charge is 2.33. The number of benzene rings is 1. The Labute approximate surface area is 114 Å². The van der Waals surface area contributed by atoms with E-state index in [2.05, 4.69) is 9.72 Å². The maximum absolute atomic E-state index is 13.8. The second-order valence-corrected chi connectivity index (χ2v) is 4.12. The summed E-state index contributed by atoms with van der Waals surface area (Å²) in [6.45, 7) is -1.04. The highest BCUT2D eigenvalue weighted by molar-refractivity contribution is 5.87. The standard InChI is InChI=1S/C14H12F2N2O2/c15-14(16,10-4-2-1-3-5-10)9-20-13(19)12-7-6-11(17)8-18-12/h1-8H,9,17H2. The Kier molecular flexibility index (Phi) is 3.93. The number of nitrogens with zero attached hydrogens (tertiary/aromatic N) is 1. The van der Waals surface area contributed by atoms with E-state index < -0.39 is 18.5 Å². The van der Waals surface area contributed by atoms with Crippen LogP contribution in [0.2, 0.25) is 0 Å². The van der Waals surface area contributed by atoms with Crippen molar-refractivity contribution in [1.29, 1.82) is 0 Å². The summed E-state index contributed by atoms with van der Waals surface area (Å²) in [5.74, 6) is -4.16. The van der Waals surface area contributed by atoms with Crippen molar-refractivity contribution in [1.82, 2.24) is 4.98 Å². The number of rotatable bonds is 4. The summed E-state index contributed by atoms with van der Waals surface area (Å²) in [6, 6.07) is 9.92. The molecule has 0 saturated heterocycles. The van der Waals surface area contributed by atoms with E-state index in [1.54, 1.807) is 6.07 Å². The number of esters is 1. The summed E-state index contributed by atoms with van der Waals surface area (Å²) < 4.78 is 32.2. The van der Waals surface area contributed by atoms with E-state index >= 15 is 0 Å². The second-order valence-electron chi connectivity index (χ2n) is 4.12. The Balaban J connectivity index is 2.01. The van der Waals surface area contributed by atoms with E-state index in [4.69, 9.17) is 5.73 Å². The van der Waals surface area contributed by atoms with Gasteiger partial charge in [0.2, 0.25) is 0 Å². The maximum Gasteiger partial charge on any atom is 0.357 e. The minimum atomic E-state index is -3.25. The fraction of sp³-hybridized carbons (Fsp3) is 0.143. The predicted molar refractivity (Wildman–Crippen MR) is 69.3 cm³/mol. The van der Waals surface area contributed by atoms with Crippen LogP contribution in [0, 0.1) is 0 Å². The third kappa shape index (κ3) is 3.28. The molecule has 0 aliphatic carbocycles. The van der Waals surface area contributed by atoms with E-state index in [9.17, 15) is 13.6 Å². The van der Waals surface area contributed by atoms with Crippen LogP contribution in [-0.4, -0.2) is 17.6 Å². The average molecular weight is 278 g/mol. The number of aromatic nitrogens is 1. The van der Waals surface area contributed by atoms with Crippen LogP contribution in [0.4, 0.5) is 14.5 Å². The average Bonchev–Trinajstić information content (AvgIpc) is 2.46. The normalized spacial score (nSPS) is 11.1. The van der Waals surface area contributed by atoms with Crippen molar-refractivity contribution >= 4 is 11.7 Å². The van der Waals surface area contributed by atoms with E-state index in [1.807, 2.05) is 0 Å². The Hall–Kier alpha value is -2.50. The molecule has 0 spiro atoms. The molecule has 2 N–H and O–H groups in total. The number of pyridine rings is 1. The second kappa shape index (κ2) is 5.64. The molecule has 0 aliphatic rings. The SMILES string of the molecule is Nc1ccc(C(=O)OCC(F)(F)c2ccccc2)nc1. The van der Waals surface area contributed by atoms with Crippen LogP contribution in [0.3, 0.4) is 0 Å².